The minimum Gasteiger partial charge on any atom is -0.493 e. The molecule has 3 N–H and O–H groups in total. The summed E-state index contributed by atoms with van der Waals surface area (Å²) in [5.41, 5.74) is 10.4. The van der Waals surface area contributed by atoms with Crippen LogP contribution in [0.4, 0.5) is 17.5 Å². The minimum absolute atomic E-state index is 0.392. The van der Waals surface area contributed by atoms with Gasteiger partial charge in [-0.15, -0.1) is 0 Å². The topological polar surface area (TPSA) is 85.5 Å². The van der Waals surface area contributed by atoms with Crippen molar-refractivity contribution in [2.45, 2.75) is 13.5 Å². The Morgan fingerprint density at radius 1 is 1.04 bits per heavy atom. The molecule has 0 saturated heterocycles. The lowest BCUT2D eigenvalue weighted by molar-refractivity contribution is 0.356. The molecule has 0 saturated carbocycles. The smallest absolute Gasteiger partial charge is 0.225 e. The molecule has 142 valence electrons. The van der Waals surface area contributed by atoms with E-state index in [-0.39, 0.29) is 0 Å². The second kappa shape index (κ2) is 7.57. The maximum atomic E-state index is 6.13. The number of nitrogens with one attached hydrogen (secondary N) is 1. The molecule has 0 spiro atoms. The Kier molecular flexibility index (Phi) is 5.21. The van der Waals surface area contributed by atoms with Gasteiger partial charge in [-0.2, -0.15) is 4.98 Å². The van der Waals surface area contributed by atoms with Crippen LogP contribution in [0.1, 0.15) is 11.1 Å². The van der Waals surface area contributed by atoms with Gasteiger partial charge in [-0.05, 0) is 36.2 Å². The number of nitrogens with two attached hydrogens (primary N) is 1. The van der Waals surface area contributed by atoms with Crippen LogP contribution >= 0.6 is 0 Å². The third kappa shape index (κ3) is 3.81. The van der Waals surface area contributed by atoms with Gasteiger partial charge >= 0.3 is 0 Å². The summed E-state index contributed by atoms with van der Waals surface area (Å²) < 4.78 is 10.7. The van der Waals surface area contributed by atoms with E-state index in [1.165, 1.54) is 16.8 Å². The van der Waals surface area contributed by atoms with Crippen molar-refractivity contribution < 1.29 is 9.47 Å². The molecule has 7 nitrogen and oxygen atoms in total. The molecule has 0 bridgehead atoms. The first kappa shape index (κ1) is 18.6. The second-order valence-electron chi connectivity index (χ2n) is 6.52. The second-order valence-corrected chi connectivity index (χ2v) is 6.52. The summed E-state index contributed by atoms with van der Waals surface area (Å²) >= 11 is 0. The molecule has 0 aliphatic carbocycles. The van der Waals surface area contributed by atoms with Crippen molar-refractivity contribution in [3.05, 3.63) is 41.5 Å². The Hall–Kier alpha value is -3.22. The first-order valence-corrected chi connectivity index (χ1v) is 8.63. The average molecular weight is 367 g/mol. The van der Waals surface area contributed by atoms with E-state index in [2.05, 4.69) is 45.3 Å². The van der Waals surface area contributed by atoms with Crippen molar-refractivity contribution in [2.75, 3.05) is 44.3 Å². The number of aromatic nitrogens is 2. The highest BCUT2D eigenvalue weighted by molar-refractivity contribution is 5.91. The zero-order valence-electron chi connectivity index (χ0n) is 16.3. The van der Waals surface area contributed by atoms with Gasteiger partial charge in [-0.3, -0.25) is 0 Å². The molecule has 0 fully saturated rings. The molecule has 3 rings (SSSR count). The van der Waals surface area contributed by atoms with Crippen molar-refractivity contribution >= 4 is 28.4 Å². The molecule has 0 radical (unpaired) electrons. The van der Waals surface area contributed by atoms with Gasteiger partial charge in [0, 0.05) is 37.8 Å². The van der Waals surface area contributed by atoms with E-state index in [4.69, 9.17) is 15.2 Å². The molecule has 1 aromatic heterocycles. The first-order chi connectivity index (χ1) is 12.9. The van der Waals surface area contributed by atoms with Crippen molar-refractivity contribution in [1.29, 1.82) is 0 Å². The summed E-state index contributed by atoms with van der Waals surface area (Å²) in [5.74, 6) is 2.06. The van der Waals surface area contributed by atoms with Crippen LogP contribution in [0.5, 0.6) is 11.5 Å². The van der Waals surface area contributed by atoms with E-state index < -0.39 is 0 Å². The van der Waals surface area contributed by atoms with Gasteiger partial charge in [0.2, 0.25) is 5.95 Å². The van der Waals surface area contributed by atoms with Crippen LogP contribution in [-0.4, -0.2) is 38.3 Å². The summed E-state index contributed by atoms with van der Waals surface area (Å²) in [7, 11) is 7.23. The molecule has 1 heterocycles. The lowest BCUT2D eigenvalue weighted by Crippen LogP contribution is -2.10. The Morgan fingerprint density at radius 3 is 2.37 bits per heavy atom. The van der Waals surface area contributed by atoms with Gasteiger partial charge in [-0.1, -0.05) is 6.07 Å². The van der Waals surface area contributed by atoms with E-state index >= 15 is 0 Å². The largest absolute Gasteiger partial charge is 0.493 e. The van der Waals surface area contributed by atoms with Gasteiger partial charge in [0.05, 0.1) is 19.7 Å². The normalized spacial score (nSPS) is 10.7. The Balaban J connectivity index is 1.87. The van der Waals surface area contributed by atoms with E-state index in [1.54, 1.807) is 26.4 Å². The molecule has 0 unspecified atom stereocenters. The Labute approximate surface area is 159 Å². The summed E-state index contributed by atoms with van der Waals surface area (Å²) in [6.45, 7) is 2.70. The number of rotatable bonds is 6. The molecule has 0 aliphatic heterocycles. The van der Waals surface area contributed by atoms with E-state index in [1.807, 2.05) is 14.1 Å². The summed E-state index contributed by atoms with van der Waals surface area (Å²) in [5, 5.41) is 3.99. The fourth-order valence-corrected chi connectivity index (χ4v) is 2.89. The maximum Gasteiger partial charge on any atom is 0.225 e. The summed E-state index contributed by atoms with van der Waals surface area (Å²) in [6, 6.07) is 9.95. The summed E-state index contributed by atoms with van der Waals surface area (Å²) in [4.78, 5) is 11.0. The van der Waals surface area contributed by atoms with Crippen LogP contribution in [0.15, 0.2) is 30.3 Å². The number of hydrogen-bond donors (Lipinski definition) is 2. The SMILES string of the molecule is COc1cc2nc(NCc3ccc(N(C)C)cc3C)nc(N)c2cc1OC. The quantitative estimate of drug-likeness (QED) is 0.692. The number of anilines is 3. The van der Waals surface area contributed by atoms with Crippen LogP contribution in [0.3, 0.4) is 0 Å². The van der Waals surface area contributed by atoms with Crippen LogP contribution in [0, 0.1) is 6.92 Å². The van der Waals surface area contributed by atoms with E-state index in [0.717, 1.165) is 5.39 Å². The minimum atomic E-state index is 0.392. The number of aryl methyl sites for hydroxylation is 1. The number of nitrogens with zero attached hydrogens (tertiary/aromatic N) is 3. The first-order valence-electron chi connectivity index (χ1n) is 8.63. The van der Waals surface area contributed by atoms with Crippen LogP contribution < -0.4 is 25.4 Å². The average Bonchev–Trinajstić information content (AvgIpc) is 2.65. The molecule has 0 aliphatic rings. The Morgan fingerprint density at radius 2 is 1.74 bits per heavy atom. The van der Waals surface area contributed by atoms with Gasteiger partial charge < -0.3 is 25.4 Å². The van der Waals surface area contributed by atoms with Crippen LogP contribution in [-0.2, 0) is 6.54 Å². The molecule has 3 aromatic rings. The molecule has 0 amide bonds. The van der Waals surface area contributed by atoms with Gasteiger partial charge in [-0.25, -0.2) is 4.98 Å². The number of hydrogen-bond acceptors (Lipinski definition) is 7. The zero-order chi connectivity index (χ0) is 19.6. The Bertz CT molecular complexity index is 972. The van der Waals surface area contributed by atoms with Crippen molar-refractivity contribution in [3.63, 3.8) is 0 Å². The van der Waals surface area contributed by atoms with Crippen LogP contribution in [0.2, 0.25) is 0 Å². The maximum absolute atomic E-state index is 6.13. The van der Waals surface area contributed by atoms with Crippen molar-refractivity contribution in [3.8, 4) is 11.5 Å². The lowest BCUT2D eigenvalue weighted by Gasteiger charge is -2.16. The fraction of sp³-hybridized carbons (Fsp3) is 0.300. The van der Waals surface area contributed by atoms with Gasteiger partial charge in [0.15, 0.2) is 11.5 Å². The highest BCUT2D eigenvalue weighted by Crippen LogP contribution is 2.33. The number of benzene rings is 2. The zero-order valence-corrected chi connectivity index (χ0v) is 16.3. The molecule has 2 aromatic carbocycles. The van der Waals surface area contributed by atoms with Crippen molar-refractivity contribution in [1.82, 2.24) is 9.97 Å². The third-order valence-corrected chi connectivity index (χ3v) is 4.51. The predicted molar refractivity (Wildman–Crippen MR) is 110 cm³/mol. The molecule has 27 heavy (non-hydrogen) atoms. The molecular formula is C20H25N5O2. The third-order valence-electron chi connectivity index (χ3n) is 4.51. The lowest BCUT2D eigenvalue weighted by atomic mass is 10.1. The van der Waals surface area contributed by atoms with E-state index in [9.17, 15) is 0 Å². The summed E-state index contributed by atoms with van der Waals surface area (Å²) in [6.07, 6.45) is 0. The monoisotopic (exact) mass is 367 g/mol. The number of methoxy groups -OCH3 is 2. The van der Waals surface area contributed by atoms with Crippen molar-refractivity contribution in [2.24, 2.45) is 0 Å². The van der Waals surface area contributed by atoms with Gasteiger partial charge in [0.25, 0.3) is 0 Å². The molecular weight excluding hydrogens is 342 g/mol. The van der Waals surface area contributed by atoms with E-state index in [0.29, 0.717) is 35.3 Å². The number of fused-ring (bicyclic) bond motifs is 1. The predicted octanol–water partition coefficient (Wildman–Crippen LogP) is 3.22. The molecule has 0 atom stereocenters. The van der Waals surface area contributed by atoms with Crippen LogP contribution in [0.25, 0.3) is 10.9 Å². The number of ether oxygens (including phenoxy) is 2. The standard InChI is InChI=1S/C20H25N5O2/c1-12-8-14(25(2)3)7-6-13(12)11-22-20-23-16-10-18(27-5)17(26-4)9-15(16)19(21)24-20/h6-10H,11H2,1-5H3,(H3,21,22,23,24). The van der Waals surface area contributed by atoms with Gasteiger partial charge in [0.1, 0.15) is 5.82 Å². The molecule has 7 heteroatoms. The highest BCUT2D eigenvalue weighted by atomic mass is 16.5. The number of nitrogen functional groups attached to an aromatic ring is 1. The highest BCUT2D eigenvalue weighted by Gasteiger charge is 2.12. The fourth-order valence-electron chi connectivity index (χ4n) is 2.89.